The highest BCUT2D eigenvalue weighted by atomic mass is 16.2. The van der Waals surface area contributed by atoms with Crippen molar-refractivity contribution in [2.24, 2.45) is 0 Å². The number of rotatable bonds is 1. The van der Waals surface area contributed by atoms with Crippen LogP contribution in [0.4, 0.5) is 0 Å². The summed E-state index contributed by atoms with van der Waals surface area (Å²) in [5, 5.41) is 4.69. The van der Waals surface area contributed by atoms with E-state index in [9.17, 15) is 9.59 Å². The minimum atomic E-state index is -0.304. The smallest absolute Gasteiger partial charge is 0.265 e. The maximum absolute atomic E-state index is 13.4. The SMILES string of the molecule is O=c1c2ccccc2c2ccccc2c(=O)n1-c1ccc2ccccc2c1. The summed E-state index contributed by atoms with van der Waals surface area (Å²) in [4.78, 5) is 26.7. The monoisotopic (exact) mass is 349 g/mol. The first-order chi connectivity index (χ1) is 13.2. The van der Waals surface area contributed by atoms with E-state index in [4.69, 9.17) is 0 Å². The molecule has 4 aromatic carbocycles. The molecule has 3 heteroatoms. The molecule has 5 rings (SSSR count). The third kappa shape index (κ3) is 2.36. The average molecular weight is 349 g/mol. The second kappa shape index (κ2) is 5.92. The van der Waals surface area contributed by atoms with E-state index < -0.39 is 0 Å². The van der Waals surface area contributed by atoms with Gasteiger partial charge in [0.05, 0.1) is 5.69 Å². The quantitative estimate of drug-likeness (QED) is 0.442. The zero-order chi connectivity index (χ0) is 18.4. The Hall–Kier alpha value is -3.72. The Labute approximate surface area is 154 Å². The summed E-state index contributed by atoms with van der Waals surface area (Å²) in [6.45, 7) is 0. The number of benzene rings is 4. The Morgan fingerprint density at radius 1 is 0.481 bits per heavy atom. The van der Waals surface area contributed by atoms with Crippen LogP contribution in [-0.4, -0.2) is 4.57 Å². The Morgan fingerprint density at radius 3 is 1.56 bits per heavy atom. The molecule has 27 heavy (non-hydrogen) atoms. The topological polar surface area (TPSA) is 39.1 Å². The van der Waals surface area contributed by atoms with Crippen LogP contribution < -0.4 is 11.1 Å². The van der Waals surface area contributed by atoms with Crippen LogP contribution in [0, 0.1) is 0 Å². The van der Waals surface area contributed by atoms with Crippen LogP contribution in [0.5, 0.6) is 0 Å². The van der Waals surface area contributed by atoms with Crippen LogP contribution in [0.2, 0.25) is 0 Å². The fourth-order valence-corrected chi connectivity index (χ4v) is 3.69. The van der Waals surface area contributed by atoms with Gasteiger partial charge in [-0.05, 0) is 45.8 Å². The van der Waals surface area contributed by atoms with Crippen LogP contribution in [0.1, 0.15) is 0 Å². The van der Waals surface area contributed by atoms with Crippen molar-refractivity contribution in [2.75, 3.05) is 0 Å². The maximum atomic E-state index is 13.4. The molecule has 0 unspecified atom stereocenters. The molecule has 3 nitrogen and oxygen atoms in total. The summed E-state index contributed by atoms with van der Waals surface area (Å²) < 4.78 is 1.29. The van der Waals surface area contributed by atoms with E-state index in [1.807, 2.05) is 78.9 Å². The molecule has 5 aromatic rings. The van der Waals surface area contributed by atoms with Crippen LogP contribution in [0.3, 0.4) is 0 Å². The first-order valence-electron chi connectivity index (χ1n) is 8.80. The van der Waals surface area contributed by atoms with Crippen molar-refractivity contribution in [3.05, 3.63) is 112 Å². The fraction of sp³-hybridized carbons (Fsp3) is 0. The van der Waals surface area contributed by atoms with Crippen LogP contribution in [-0.2, 0) is 0 Å². The lowest BCUT2D eigenvalue weighted by Crippen LogP contribution is -2.28. The predicted molar refractivity (Wildman–Crippen MR) is 111 cm³/mol. The van der Waals surface area contributed by atoms with Gasteiger partial charge in [0.25, 0.3) is 11.1 Å². The van der Waals surface area contributed by atoms with Gasteiger partial charge in [-0.2, -0.15) is 0 Å². The standard InChI is InChI=1S/C24H15NO2/c26-23-21-11-5-3-9-19(21)20-10-4-6-12-22(20)24(27)25(23)18-14-13-16-7-1-2-8-17(16)15-18/h1-15H. The molecule has 0 amide bonds. The Morgan fingerprint density at radius 2 is 0.963 bits per heavy atom. The van der Waals surface area contributed by atoms with Gasteiger partial charge in [-0.15, -0.1) is 0 Å². The third-order valence-electron chi connectivity index (χ3n) is 5.00. The maximum Gasteiger partial charge on any atom is 0.265 e. The van der Waals surface area contributed by atoms with E-state index in [1.54, 1.807) is 12.1 Å². The molecule has 1 aromatic heterocycles. The Bertz CT molecular complexity index is 1390. The second-order valence-corrected chi connectivity index (χ2v) is 6.57. The van der Waals surface area contributed by atoms with E-state index in [-0.39, 0.29) is 11.1 Å². The molecular weight excluding hydrogens is 334 g/mol. The van der Waals surface area contributed by atoms with Gasteiger partial charge in [0, 0.05) is 10.8 Å². The molecule has 0 spiro atoms. The highest BCUT2D eigenvalue weighted by Gasteiger charge is 2.12. The molecule has 0 bridgehead atoms. The van der Waals surface area contributed by atoms with Crippen molar-refractivity contribution in [3.63, 3.8) is 0 Å². The van der Waals surface area contributed by atoms with E-state index >= 15 is 0 Å². The van der Waals surface area contributed by atoms with Crippen LogP contribution in [0.15, 0.2) is 101 Å². The molecule has 0 saturated heterocycles. The van der Waals surface area contributed by atoms with E-state index in [1.165, 1.54) is 4.57 Å². The van der Waals surface area contributed by atoms with Crippen molar-refractivity contribution < 1.29 is 0 Å². The first-order valence-corrected chi connectivity index (χ1v) is 8.80. The van der Waals surface area contributed by atoms with Gasteiger partial charge < -0.3 is 0 Å². The summed E-state index contributed by atoms with van der Waals surface area (Å²) in [6, 6.07) is 28.3. The van der Waals surface area contributed by atoms with E-state index in [0.717, 1.165) is 21.5 Å². The lowest BCUT2D eigenvalue weighted by Gasteiger charge is -2.05. The van der Waals surface area contributed by atoms with Crippen LogP contribution >= 0.6 is 0 Å². The summed E-state index contributed by atoms with van der Waals surface area (Å²) in [6.07, 6.45) is 0. The van der Waals surface area contributed by atoms with Gasteiger partial charge in [0.2, 0.25) is 0 Å². The highest BCUT2D eigenvalue weighted by Crippen LogP contribution is 2.21. The minimum Gasteiger partial charge on any atom is -0.268 e. The molecule has 0 fully saturated rings. The minimum absolute atomic E-state index is 0.304. The van der Waals surface area contributed by atoms with E-state index in [0.29, 0.717) is 16.5 Å². The largest absolute Gasteiger partial charge is 0.268 e. The van der Waals surface area contributed by atoms with Crippen molar-refractivity contribution in [1.29, 1.82) is 0 Å². The van der Waals surface area contributed by atoms with Crippen molar-refractivity contribution in [3.8, 4) is 5.69 Å². The number of hydrogen-bond donors (Lipinski definition) is 0. The Kier molecular flexibility index (Phi) is 3.41. The summed E-state index contributed by atoms with van der Waals surface area (Å²) in [7, 11) is 0. The van der Waals surface area contributed by atoms with Gasteiger partial charge in [-0.1, -0.05) is 66.7 Å². The molecule has 0 aliphatic carbocycles. The third-order valence-corrected chi connectivity index (χ3v) is 5.00. The zero-order valence-corrected chi connectivity index (χ0v) is 14.4. The molecule has 0 aliphatic heterocycles. The summed E-state index contributed by atoms with van der Waals surface area (Å²) in [5.74, 6) is 0. The molecule has 0 N–H and O–H groups in total. The predicted octanol–water partition coefficient (Wildman–Crippen LogP) is 4.66. The summed E-state index contributed by atoms with van der Waals surface area (Å²) >= 11 is 0. The molecule has 128 valence electrons. The molecule has 0 aliphatic rings. The van der Waals surface area contributed by atoms with Gasteiger partial charge in [-0.25, -0.2) is 4.57 Å². The normalized spacial score (nSPS) is 11.3. The molecule has 0 radical (unpaired) electrons. The Balaban J connectivity index is 2.02. The molecule has 0 saturated carbocycles. The lowest BCUT2D eigenvalue weighted by atomic mass is 10.1. The van der Waals surface area contributed by atoms with Crippen molar-refractivity contribution in [1.82, 2.24) is 4.57 Å². The first kappa shape index (κ1) is 15.5. The lowest BCUT2D eigenvalue weighted by molar-refractivity contribution is 0.978. The fourth-order valence-electron chi connectivity index (χ4n) is 3.69. The number of hydrogen-bond acceptors (Lipinski definition) is 2. The molecule has 1 heterocycles. The van der Waals surface area contributed by atoms with Crippen LogP contribution in [0.25, 0.3) is 38.0 Å². The van der Waals surface area contributed by atoms with Crippen molar-refractivity contribution in [2.45, 2.75) is 0 Å². The van der Waals surface area contributed by atoms with Gasteiger partial charge in [-0.3, -0.25) is 9.59 Å². The molecular formula is C24H15NO2. The number of nitrogens with zero attached hydrogens (tertiary/aromatic N) is 1. The second-order valence-electron chi connectivity index (χ2n) is 6.57. The zero-order valence-electron chi connectivity index (χ0n) is 14.4. The van der Waals surface area contributed by atoms with Crippen molar-refractivity contribution >= 4 is 32.3 Å². The van der Waals surface area contributed by atoms with Gasteiger partial charge in [0.15, 0.2) is 0 Å². The van der Waals surface area contributed by atoms with Gasteiger partial charge >= 0.3 is 0 Å². The number of fused-ring (bicyclic) bond motifs is 4. The van der Waals surface area contributed by atoms with Gasteiger partial charge in [0.1, 0.15) is 0 Å². The molecule has 0 atom stereocenters. The van der Waals surface area contributed by atoms with E-state index in [2.05, 4.69) is 0 Å². The number of aromatic nitrogens is 1. The highest BCUT2D eigenvalue weighted by molar-refractivity contribution is 6.05. The average Bonchev–Trinajstić information content (AvgIpc) is 2.82. The summed E-state index contributed by atoms with van der Waals surface area (Å²) in [5.41, 5.74) is -0.0284.